The van der Waals surface area contributed by atoms with E-state index in [2.05, 4.69) is 21.7 Å². The number of rotatable bonds is 7. The number of hydrogen-bond donors (Lipinski definition) is 2. The van der Waals surface area contributed by atoms with Crippen molar-refractivity contribution in [1.29, 1.82) is 5.26 Å². The summed E-state index contributed by atoms with van der Waals surface area (Å²) < 4.78 is 5.65. The molecule has 0 heterocycles. The van der Waals surface area contributed by atoms with Crippen LogP contribution < -0.4 is 15.4 Å². The Kier molecular flexibility index (Phi) is 7.16. The summed E-state index contributed by atoms with van der Waals surface area (Å²) in [4.78, 5) is 4.19. The van der Waals surface area contributed by atoms with Gasteiger partial charge in [0.15, 0.2) is 5.96 Å². The highest BCUT2D eigenvalue weighted by atomic mass is 16.5. The number of guanidine groups is 1. The van der Waals surface area contributed by atoms with Crippen LogP contribution in [0.4, 0.5) is 0 Å². The largest absolute Gasteiger partial charge is 0.494 e. The van der Waals surface area contributed by atoms with E-state index in [0.717, 1.165) is 30.2 Å². The molecule has 124 valence electrons. The van der Waals surface area contributed by atoms with Crippen LogP contribution in [0.2, 0.25) is 0 Å². The molecule has 24 heavy (non-hydrogen) atoms. The topological polar surface area (TPSA) is 69.4 Å². The van der Waals surface area contributed by atoms with Crippen LogP contribution in [-0.4, -0.2) is 26.2 Å². The van der Waals surface area contributed by atoms with Crippen LogP contribution >= 0.6 is 0 Å². The van der Waals surface area contributed by atoms with Crippen LogP contribution in [0.5, 0.6) is 5.75 Å². The number of hydrogen-bond acceptors (Lipinski definition) is 3. The number of nitrogens with zero attached hydrogens (tertiary/aromatic N) is 2. The van der Waals surface area contributed by atoms with Crippen LogP contribution in [-0.2, 0) is 6.54 Å². The Morgan fingerprint density at radius 1 is 1.08 bits per heavy atom. The predicted octanol–water partition coefficient (Wildman–Crippen LogP) is 2.69. The van der Waals surface area contributed by atoms with Gasteiger partial charge < -0.3 is 15.4 Å². The standard InChI is InChI=1S/C19H22N4O/c1-21-19(23-15-17-10-8-16(14-20)9-11-17)22-12-5-13-24-18-6-3-2-4-7-18/h2-4,6-11H,5,12-13,15H2,1H3,(H2,21,22,23). The van der Waals surface area contributed by atoms with E-state index in [9.17, 15) is 0 Å². The van der Waals surface area contributed by atoms with Gasteiger partial charge in [-0.1, -0.05) is 30.3 Å². The second-order valence-corrected chi connectivity index (χ2v) is 5.18. The highest BCUT2D eigenvalue weighted by molar-refractivity contribution is 5.79. The number of nitrogens with one attached hydrogen (secondary N) is 2. The Hall–Kier alpha value is -3.00. The molecule has 0 radical (unpaired) electrons. The zero-order valence-corrected chi connectivity index (χ0v) is 13.8. The third kappa shape index (κ3) is 6.01. The van der Waals surface area contributed by atoms with Gasteiger partial charge in [-0.2, -0.15) is 5.26 Å². The monoisotopic (exact) mass is 322 g/mol. The number of ether oxygens (including phenoxy) is 1. The summed E-state index contributed by atoms with van der Waals surface area (Å²) in [6.45, 7) is 2.09. The van der Waals surface area contributed by atoms with Gasteiger partial charge in [-0.25, -0.2) is 0 Å². The van der Waals surface area contributed by atoms with E-state index in [1.807, 2.05) is 54.6 Å². The average molecular weight is 322 g/mol. The van der Waals surface area contributed by atoms with Crippen LogP contribution in [0.15, 0.2) is 59.6 Å². The molecule has 0 amide bonds. The first-order valence-electron chi connectivity index (χ1n) is 7.93. The minimum Gasteiger partial charge on any atom is -0.494 e. The van der Waals surface area contributed by atoms with E-state index in [1.165, 1.54) is 0 Å². The van der Waals surface area contributed by atoms with Crippen molar-refractivity contribution in [2.75, 3.05) is 20.2 Å². The van der Waals surface area contributed by atoms with E-state index >= 15 is 0 Å². The lowest BCUT2D eigenvalue weighted by Crippen LogP contribution is -2.37. The van der Waals surface area contributed by atoms with Gasteiger partial charge in [0.2, 0.25) is 0 Å². The minimum atomic E-state index is 0.656. The molecule has 2 rings (SSSR count). The van der Waals surface area contributed by atoms with Gasteiger partial charge in [-0.15, -0.1) is 0 Å². The highest BCUT2D eigenvalue weighted by Crippen LogP contribution is 2.08. The molecule has 0 saturated carbocycles. The lowest BCUT2D eigenvalue weighted by atomic mass is 10.1. The fourth-order valence-electron chi connectivity index (χ4n) is 2.09. The molecule has 5 heteroatoms. The van der Waals surface area contributed by atoms with Crippen molar-refractivity contribution in [3.8, 4) is 11.8 Å². The van der Waals surface area contributed by atoms with E-state index in [1.54, 1.807) is 7.05 Å². The van der Waals surface area contributed by atoms with Gasteiger partial charge in [-0.05, 0) is 36.2 Å². The quantitative estimate of drug-likeness (QED) is 0.467. The molecule has 2 aromatic carbocycles. The predicted molar refractivity (Wildman–Crippen MR) is 95.9 cm³/mol. The van der Waals surface area contributed by atoms with Crippen molar-refractivity contribution < 1.29 is 4.74 Å². The van der Waals surface area contributed by atoms with Crippen molar-refractivity contribution in [2.45, 2.75) is 13.0 Å². The second kappa shape index (κ2) is 9.90. The van der Waals surface area contributed by atoms with Crippen molar-refractivity contribution in [2.24, 2.45) is 4.99 Å². The smallest absolute Gasteiger partial charge is 0.191 e. The maximum Gasteiger partial charge on any atom is 0.191 e. The lowest BCUT2D eigenvalue weighted by molar-refractivity contribution is 0.311. The van der Waals surface area contributed by atoms with Crippen molar-refractivity contribution in [1.82, 2.24) is 10.6 Å². The van der Waals surface area contributed by atoms with Gasteiger partial charge in [-0.3, -0.25) is 4.99 Å². The van der Waals surface area contributed by atoms with E-state index in [-0.39, 0.29) is 0 Å². The molecule has 0 saturated heterocycles. The molecular formula is C19H22N4O. The SMILES string of the molecule is CN=C(NCCCOc1ccccc1)NCc1ccc(C#N)cc1. The number of aliphatic imine (C=N–C) groups is 1. The Morgan fingerprint density at radius 2 is 1.83 bits per heavy atom. The first kappa shape index (κ1) is 17.4. The Labute approximate surface area is 143 Å². The molecule has 0 aliphatic heterocycles. The van der Waals surface area contributed by atoms with Gasteiger partial charge in [0.1, 0.15) is 5.75 Å². The number of para-hydroxylation sites is 1. The molecule has 0 aliphatic carbocycles. The number of nitriles is 1. The first-order valence-corrected chi connectivity index (χ1v) is 7.93. The second-order valence-electron chi connectivity index (χ2n) is 5.18. The minimum absolute atomic E-state index is 0.656. The zero-order valence-electron chi connectivity index (χ0n) is 13.8. The normalized spacial score (nSPS) is 10.8. The summed E-state index contributed by atoms with van der Waals surface area (Å²) in [6.07, 6.45) is 0.881. The molecule has 0 aromatic heterocycles. The summed E-state index contributed by atoms with van der Waals surface area (Å²) in [5, 5.41) is 15.3. The summed E-state index contributed by atoms with van der Waals surface area (Å²) in [5.74, 6) is 1.64. The maximum atomic E-state index is 8.79. The summed E-state index contributed by atoms with van der Waals surface area (Å²) in [5.41, 5.74) is 1.77. The van der Waals surface area contributed by atoms with Gasteiger partial charge in [0.25, 0.3) is 0 Å². The lowest BCUT2D eigenvalue weighted by Gasteiger charge is -2.12. The molecule has 2 N–H and O–H groups in total. The maximum absolute atomic E-state index is 8.79. The zero-order chi connectivity index (χ0) is 17.0. The van der Waals surface area contributed by atoms with Gasteiger partial charge in [0, 0.05) is 20.1 Å². The van der Waals surface area contributed by atoms with Crippen molar-refractivity contribution >= 4 is 5.96 Å². The Bertz CT molecular complexity index is 675. The summed E-state index contributed by atoms with van der Waals surface area (Å²) >= 11 is 0. The van der Waals surface area contributed by atoms with Crippen LogP contribution in [0.1, 0.15) is 17.5 Å². The summed E-state index contributed by atoms with van der Waals surface area (Å²) in [6, 6.07) is 19.4. The van der Waals surface area contributed by atoms with Crippen LogP contribution in [0, 0.1) is 11.3 Å². The van der Waals surface area contributed by atoms with Gasteiger partial charge in [0.05, 0.1) is 18.2 Å². The van der Waals surface area contributed by atoms with Crippen molar-refractivity contribution in [3.05, 3.63) is 65.7 Å². The molecule has 0 spiro atoms. The molecule has 0 bridgehead atoms. The summed E-state index contributed by atoms with van der Waals surface area (Å²) in [7, 11) is 1.74. The van der Waals surface area contributed by atoms with E-state index < -0.39 is 0 Å². The fourth-order valence-corrected chi connectivity index (χ4v) is 2.09. The molecule has 0 aliphatic rings. The van der Waals surface area contributed by atoms with Gasteiger partial charge >= 0.3 is 0 Å². The first-order chi connectivity index (χ1) is 11.8. The van der Waals surface area contributed by atoms with Crippen LogP contribution in [0.3, 0.4) is 0 Å². The van der Waals surface area contributed by atoms with Crippen molar-refractivity contribution in [3.63, 3.8) is 0 Å². The third-order valence-electron chi connectivity index (χ3n) is 3.39. The molecule has 2 aromatic rings. The number of benzene rings is 2. The molecule has 5 nitrogen and oxygen atoms in total. The van der Waals surface area contributed by atoms with Crippen LogP contribution in [0.25, 0.3) is 0 Å². The third-order valence-corrected chi connectivity index (χ3v) is 3.39. The molecule has 0 fully saturated rings. The fraction of sp³-hybridized carbons (Fsp3) is 0.263. The molecule has 0 atom stereocenters. The highest BCUT2D eigenvalue weighted by Gasteiger charge is 1.99. The van der Waals surface area contributed by atoms with E-state index in [0.29, 0.717) is 18.7 Å². The molecular weight excluding hydrogens is 300 g/mol. The Balaban J connectivity index is 1.64. The Morgan fingerprint density at radius 3 is 2.50 bits per heavy atom. The van der Waals surface area contributed by atoms with E-state index in [4.69, 9.17) is 10.00 Å². The average Bonchev–Trinajstić information content (AvgIpc) is 2.65. The molecule has 0 unspecified atom stereocenters.